The largest absolute Gasteiger partial charge is 0.573 e. The highest BCUT2D eigenvalue weighted by Crippen LogP contribution is 2.33. The molecule has 2 amide bonds. The van der Waals surface area contributed by atoms with Crippen molar-refractivity contribution in [3.63, 3.8) is 0 Å². The molecule has 45 heavy (non-hydrogen) atoms. The summed E-state index contributed by atoms with van der Waals surface area (Å²) in [4.78, 5) is 23.5. The van der Waals surface area contributed by atoms with E-state index in [-0.39, 0.29) is 23.4 Å². The van der Waals surface area contributed by atoms with Crippen LogP contribution in [0.1, 0.15) is 50.2 Å². The van der Waals surface area contributed by atoms with Crippen LogP contribution in [0.15, 0.2) is 78.0 Å². The van der Waals surface area contributed by atoms with Crippen molar-refractivity contribution >= 4 is 28.6 Å². The highest BCUT2D eigenvalue weighted by atomic mass is 32.2. The molecular formula is C32H32F4N6O2S. The SMILES string of the molecule is CCC(CNC(=O)/N=C1\SCCN1c1ccc(F)cc1C(C)C)c1ccc(-c2ncn(-c3ccc(OC(F)(F)F)cc3)n2)cc1. The lowest BCUT2D eigenvalue weighted by Gasteiger charge is -2.23. The van der Waals surface area contributed by atoms with Gasteiger partial charge in [0.1, 0.15) is 17.9 Å². The molecule has 1 aromatic heterocycles. The number of rotatable bonds is 9. The number of nitrogens with zero attached hydrogens (tertiary/aromatic N) is 5. The zero-order valence-corrected chi connectivity index (χ0v) is 25.7. The van der Waals surface area contributed by atoms with E-state index in [1.807, 2.05) is 49.9 Å². The minimum atomic E-state index is -4.76. The number of halogens is 4. The Morgan fingerprint density at radius 1 is 1.09 bits per heavy atom. The van der Waals surface area contributed by atoms with Crippen molar-refractivity contribution in [1.29, 1.82) is 0 Å². The van der Waals surface area contributed by atoms with Gasteiger partial charge in [0, 0.05) is 36.0 Å². The molecule has 0 saturated carbocycles. The molecule has 8 nitrogen and oxygen atoms in total. The minimum Gasteiger partial charge on any atom is -0.406 e. The van der Waals surface area contributed by atoms with E-state index < -0.39 is 12.4 Å². The second kappa shape index (κ2) is 13.7. The van der Waals surface area contributed by atoms with Crippen LogP contribution in [0.2, 0.25) is 0 Å². The molecule has 1 N–H and O–H groups in total. The number of amides is 2. The van der Waals surface area contributed by atoms with E-state index in [9.17, 15) is 22.4 Å². The van der Waals surface area contributed by atoms with Gasteiger partial charge in [0.25, 0.3) is 0 Å². The zero-order chi connectivity index (χ0) is 32.1. The number of aliphatic imine (C=N–C) groups is 1. The van der Waals surface area contributed by atoms with E-state index in [1.54, 1.807) is 6.07 Å². The van der Waals surface area contributed by atoms with Crippen LogP contribution in [0.25, 0.3) is 17.1 Å². The highest BCUT2D eigenvalue weighted by Gasteiger charge is 2.31. The van der Waals surface area contributed by atoms with Crippen LogP contribution in [0, 0.1) is 5.82 Å². The van der Waals surface area contributed by atoms with E-state index >= 15 is 0 Å². The van der Waals surface area contributed by atoms with Crippen molar-refractivity contribution in [3.8, 4) is 22.8 Å². The summed E-state index contributed by atoms with van der Waals surface area (Å²) in [5.74, 6) is 0.782. The monoisotopic (exact) mass is 640 g/mol. The Morgan fingerprint density at radius 2 is 1.82 bits per heavy atom. The van der Waals surface area contributed by atoms with Crippen LogP contribution in [0.4, 0.5) is 28.0 Å². The fourth-order valence-electron chi connectivity index (χ4n) is 5.01. The second-order valence-electron chi connectivity index (χ2n) is 10.7. The van der Waals surface area contributed by atoms with Gasteiger partial charge in [-0.2, -0.15) is 4.99 Å². The maximum Gasteiger partial charge on any atom is 0.573 e. The van der Waals surface area contributed by atoms with Gasteiger partial charge in [-0.05, 0) is 65.9 Å². The van der Waals surface area contributed by atoms with E-state index in [2.05, 4.69) is 25.1 Å². The number of hydrogen-bond donors (Lipinski definition) is 1. The van der Waals surface area contributed by atoms with Gasteiger partial charge in [-0.25, -0.2) is 18.9 Å². The number of thioether (sulfide) groups is 1. The summed E-state index contributed by atoms with van der Waals surface area (Å²) >= 11 is 1.50. The number of ether oxygens (including phenoxy) is 1. The number of carbonyl (C=O) groups excluding carboxylic acids is 1. The quantitative estimate of drug-likeness (QED) is 0.187. The number of nitrogens with one attached hydrogen (secondary N) is 1. The Labute approximate surface area is 262 Å². The number of alkyl halides is 3. The summed E-state index contributed by atoms with van der Waals surface area (Å²) in [7, 11) is 0. The molecule has 1 aliphatic heterocycles. The van der Waals surface area contributed by atoms with Crippen molar-refractivity contribution < 1.29 is 27.1 Å². The molecule has 0 aliphatic carbocycles. The van der Waals surface area contributed by atoms with Crippen LogP contribution >= 0.6 is 11.8 Å². The van der Waals surface area contributed by atoms with Gasteiger partial charge in [0.2, 0.25) is 0 Å². The molecule has 1 aliphatic rings. The first-order chi connectivity index (χ1) is 21.5. The number of urea groups is 1. The predicted molar refractivity (Wildman–Crippen MR) is 168 cm³/mol. The zero-order valence-electron chi connectivity index (χ0n) is 24.9. The molecule has 3 aromatic carbocycles. The average Bonchev–Trinajstić information content (AvgIpc) is 3.68. The molecule has 5 rings (SSSR count). The minimum absolute atomic E-state index is 0.0446. The van der Waals surface area contributed by atoms with E-state index in [4.69, 9.17) is 0 Å². The van der Waals surface area contributed by atoms with Crippen LogP contribution in [0.5, 0.6) is 5.75 Å². The first kappa shape index (κ1) is 32.0. The third kappa shape index (κ3) is 8.01. The number of hydrogen-bond acceptors (Lipinski definition) is 5. The van der Waals surface area contributed by atoms with E-state index in [0.717, 1.165) is 34.6 Å². The number of aromatic nitrogens is 3. The van der Waals surface area contributed by atoms with E-state index in [1.165, 1.54) is 59.2 Å². The maximum atomic E-state index is 13.9. The van der Waals surface area contributed by atoms with Crippen molar-refractivity contribution in [2.75, 3.05) is 23.7 Å². The van der Waals surface area contributed by atoms with Gasteiger partial charge in [-0.15, -0.1) is 18.3 Å². The molecule has 0 bridgehead atoms. The van der Waals surface area contributed by atoms with E-state index in [0.29, 0.717) is 29.8 Å². The molecular weight excluding hydrogens is 608 g/mol. The van der Waals surface area contributed by atoms with Crippen molar-refractivity contribution in [1.82, 2.24) is 20.1 Å². The third-order valence-corrected chi connectivity index (χ3v) is 8.29. The summed E-state index contributed by atoms with van der Waals surface area (Å²) in [6.07, 6.45) is -2.49. The average molecular weight is 641 g/mol. The van der Waals surface area contributed by atoms with Gasteiger partial charge < -0.3 is 15.0 Å². The highest BCUT2D eigenvalue weighted by molar-refractivity contribution is 8.14. The number of benzene rings is 3. The molecule has 2 heterocycles. The van der Waals surface area contributed by atoms with Crippen LogP contribution in [-0.4, -0.2) is 51.2 Å². The molecule has 236 valence electrons. The molecule has 1 fully saturated rings. The Morgan fingerprint density at radius 3 is 2.49 bits per heavy atom. The summed E-state index contributed by atoms with van der Waals surface area (Å²) in [6, 6.07) is 17.3. The summed E-state index contributed by atoms with van der Waals surface area (Å²) in [5.41, 5.74) is 4.05. The van der Waals surface area contributed by atoms with Crippen molar-refractivity contribution in [2.45, 2.75) is 45.4 Å². The third-order valence-electron chi connectivity index (χ3n) is 7.34. The van der Waals surface area contributed by atoms with Gasteiger partial charge in [-0.1, -0.05) is 56.8 Å². The Balaban J connectivity index is 1.21. The van der Waals surface area contributed by atoms with Crippen molar-refractivity contribution in [2.24, 2.45) is 4.99 Å². The first-order valence-corrected chi connectivity index (χ1v) is 15.4. The summed E-state index contributed by atoms with van der Waals surface area (Å²) < 4.78 is 56.6. The second-order valence-corrected chi connectivity index (χ2v) is 11.8. The molecule has 0 radical (unpaired) electrons. The van der Waals surface area contributed by atoms with Crippen molar-refractivity contribution in [3.05, 3.63) is 90.0 Å². The Bertz CT molecular complexity index is 1660. The van der Waals surface area contributed by atoms with Crippen LogP contribution < -0.4 is 15.0 Å². The number of carbonyl (C=O) groups is 1. The molecule has 1 atom stereocenters. The molecule has 4 aromatic rings. The summed E-state index contributed by atoms with van der Waals surface area (Å²) in [5, 5.41) is 7.98. The lowest BCUT2D eigenvalue weighted by Crippen LogP contribution is -2.30. The lowest BCUT2D eigenvalue weighted by atomic mass is 9.95. The topological polar surface area (TPSA) is 84.6 Å². The molecule has 1 unspecified atom stereocenters. The maximum absolute atomic E-state index is 13.9. The smallest absolute Gasteiger partial charge is 0.406 e. The fourth-order valence-corrected chi connectivity index (χ4v) is 5.96. The van der Waals surface area contributed by atoms with Gasteiger partial charge in [-0.3, -0.25) is 0 Å². The normalized spacial score (nSPS) is 15.1. The molecule has 1 saturated heterocycles. The van der Waals surface area contributed by atoms with Crippen LogP contribution in [-0.2, 0) is 0 Å². The number of anilines is 1. The standard InChI is InChI=1S/C32H32F4N6O2S/c1-4-21(18-37-30(43)39-31-41(15-16-45-31)28-14-9-24(33)17-27(28)20(2)3)22-5-7-23(8-6-22)29-38-19-42(40-29)25-10-12-26(13-11-25)44-32(34,35)36/h5-14,17,19-21H,4,15-16,18H2,1-3H3,(H,37,43)/b39-31-. The Hall–Kier alpha value is -4.39. The van der Waals surface area contributed by atoms with Crippen LogP contribution in [0.3, 0.4) is 0 Å². The van der Waals surface area contributed by atoms with Gasteiger partial charge >= 0.3 is 12.4 Å². The Kier molecular flexibility index (Phi) is 9.76. The lowest BCUT2D eigenvalue weighted by molar-refractivity contribution is -0.274. The van der Waals surface area contributed by atoms with Gasteiger partial charge in [0.05, 0.1) is 5.69 Å². The first-order valence-electron chi connectivity index (χ1n) is 14.4. The molecule has 13 heteroatoms. The summed E-state index contributed by atoms with van der Waals surface area (Å²) in [6.45, 7) is 7.14. The van der Waals surface area contributed by atoms with Gasteiger partial charge in [0.15, 0.2) is 11.0 Å². The predicted octanol–water partition coefficient (Wildman–Crippen LogP) is 7.91. The number of amidine groups is 1. The fraction of sp³-hybridized carbons (Fsp3) is 0.312. The molecule has 0 spiro atoms.